The molecule has 37 heavy (non-hydrogen) atoms. The summed E-state index contributed by atoms with van der Waals surface area (Å²) in [5.41, 5.74) is 1.13. The average molecular weight is 655 g/mol. The number of furan rings is 1. The summed E-state index contributed by atoms with van der Waals surface area (Å²) in [6, 6.07) is 10.3. The number of halogens is 3. The number of rotatable bonds is 3. The van der Waals surface area contributed by atoms with E-state index in [1.165, 1.54) is 11.9 Å². The Bertz CT molecular complexity index is 1410. The van der Waals surface area contributed by atoms with Crippen LogP contribution in [0.25, 0.3) is 0 Å². The van der Waals surface area contributed by atoms with Gasteiger partial charge in [0.05, 0.1) is 23.4 Å². The fourth-order valence-electron chi connectivity index (χ4n) is 6.54. The van der Waals surface area contributed by atoms with Crippen LogP contribution < -0.4 is 4.90 Å². The zero-order chi connectivity index (χ0) is 26.4. The Morgan fingerprint density at radius 3 is 2.38 bits per heavy atom. The van der Waals surface area contributed by atoms with E-state index in [1.807, 2.05) is 18.2 Å². The Kier molecular flexibility index (Phi) is 5.69. The standard InChI is InChI=1S/C26H21Cl2IN2O6/c1-30-23(35)25(27)10-17-15(20(26(25,28)24(30)36)18-9-6-14(11-32)37-18)7-8-16-19(17)22(34)31(21(16)33)13-4-2-12(29)3-5-13/h2-7,9,16-17,19-20,32H,8,10-11H2,1H3. The van der Waals surface area contributed by atoms with Crippen LogP contribution in [0.5, 0.6) is 0 Å². The summed E-state index contributed by atoms with van der Waals surface area (Å²) in [5, 5.41) is 9.58. The lowest BCUT2D eigenvalue weighted by Crippen LogP contribution is -2.60. The van der Waals surface area contributed by atoms with Crippen molar-refractivity contribution < 1.29 is 28.7 Å². The molecule has 0 radical (unpaired) electrons. The minimum Gasteiger partial charge on any atom is -0.463 e. The van der Waals surface area contributed by atoms with Crippen molar-refractivity contribution >= 4 is 75.1 Å². The lowest BCUT2D eigenvalue weighted by Gasteiger charge is -2.49. The third-order valence-corrected chi connectivity index (χ3v) is 10.4. The molecule has 3 heterocycles. The van der Waals surface area contributed by atoms with E-state index in [1.54, 1.807) is 24.3 Å². The zero-order valence-electron chi connectivity index (χ0n) is 19.5. The van der Waals surface area contributed by atoms with E-state index >= 15 is 0 Å². The highest BCUT2D eigenvalue weighted by molar-refractivity contribution is 14.1. The molecule has 6 unspecified atom stereocenters. The summed E-state index contributed by atoms with van der Waals surface area (Å²) < 4.78 is 6.81. The second-order valence-corrected chi connectivity index (χ2v) is 12.4. The molecule has 6 rings (SSSR count). The van der Waals surface area contributed by atoms with E-state index in [0.29, 0.717) is 11.3 Å². The summed E-state index contributed by atoms with van der Waals surface area (Å²) in [7, 11) is 1.33. The minimum absolute atomic E-state index is 0.0798. The van der Waals surface area contributed by atoms with Gasteiger partial charge in [-0.3, -0.25) is 29.0 Å². The normalized spacial score (nSPS) is 35.0. The van der Waals surface area contributed by atoms with E-state index in [4.69, 9.17) is 27.6 Å². The maximum Gasteiger partial charge on any atom is 0.253 e. The third-order valence-electron chi connectivity index (χ3n) is 8.22. The first-order valence-electron chi connectivity index (χ1n) is 11.8. The first-order chi connectivity index (χ1) is 17.5. The number of fused-ring (bicyclic) bond motifs is 4. The van der Waals surface area contributed by atoms with Crippen LogP contribution in [0.4, 0.5) is 5.69 Å². The van der Waals surface area contributed by atoms with E-state index < -0.39 is 45.2 Å². The second kappa shape index (κ2) is 8.39. The molecule has 2 saturated heterocycles. The Balaban J connectivity index is 1.50. The number of aliphatic hydroxyl groups is 1. The number of hydrogen-bond donors (Lipinski definition) is 1. The van der Waals surface area contributed by atoms with Crippen molar-refractivity contribution in [2.24, 2.45) is 17.8 Å². The van der Waals surface area contributed by atoms with Gasteiger partial charge in [-0.1, -0.05) is 11.6 Å². The number of allylic oxidation sites excluding steroid dienone is 2. The van der Waals surface area contributed by atoms with Crippen molar-refractivity contribution in [2.75, 3.05) is 11.9 Å². The number of imide groups is 2. The summed E-state index contributed by atoms with van der Waals surface area (Å²) in [4.78, 5) is 52.6. The number of aliphatic hydroxyl groups excluding tert-OH is 1. The van der Waals surface area contributed by atoms with Gasteiger partial charge >= 0.3 is 0 Å². The van der Waals surface area contributed by atoms with Gasteiger partial charge in [-0.05, 0) is 77.7 Å². The van der Waals surface area contributed by atoms with Crippen molar-refractivity contribution in [1.29, 1.82) is 0 Å². The molecule has 2 aromatic rings. The summed E-state index contributed by atoms with van der Waals surface area (Å²) in [6.45, 7) is -0.369. The number of benzene rings is 1. The van der Waals surface area contributed by atoms with Crippen molar-refractivity contribution in [1.82, 2.24) is 4.90 Å². The van der Waals surface area contributed by atoms with E-state index in [0.717, 1.165) is 8.47 Å². The van der Waals surface area contributed by atoms with E-state index in [9.17, 15) is 24.3 Å². The SMILES string of the molecule is CN1C(=O)C2(Cl)CC3C(=CCC4C(=O)N(c5ccc(I)cc5)C(=O)C43)C(c3ccc(CO)o3)C2(Cl)C1=O. The number of amides is 4. The molecule has 11 heteroatoms. The highest BCUT2D eigenvalue weighted by Gasteiger charge is 2.76. The number of alkyl halides is 2. The number of nitrogens with zero attached hydrogens (tertiary/aromatic N) is 2. The predicted molar refractivity (Wildman–Crippen MR) is 142 cm³/mol. The molecule has 1 aromatic heterocycles. The van der Waals surface area contributed by atoms with Crippen LogP contribution in [-0.2, 0) is 25.8 Å². The minimum atomic E-state index is -1.90. The average Bonchev–Trinajstić information content (AvgIpc) is 3.49. The molecular weight excluding hydrogens is 634 g/mol. The van der Waals surface area contributed by atoms with Crippen molar-refractivity contribution in [2.45, 2.75) is 35.1 Å². The van der Waals surface area contributed by atoms with Crippen LogP contribution in [0.2, 0.25) is 0 Å². The van der Waals surface area contributed by atoms with Crippen LogP contribution in [0.3, 0.4) is 0 Å². The summed E-state index contributed by atoms with van der Waals surface area (Å²) in [5.74, 6) is -4.44. The van der Waals surface area contributed by atoms with Crippen molar-refractivity contribution in [3.8, 4) is 0 Å². The van der Waals surface area contributed by atoms with Gasteiger partial charge in [-0.15, -0.1) is 23.2 Å². The van der Waals surface area contributed by atoms with Gasteiger partial charge in [0, 0.05) is 10.6 Å². The topological polar surface area (TPSA) is 108 Å². The van der Waals surface area contributed by atoms with Gasteiger partial charge in [0.2, 0.25) is 11.8 Å². The van der Waals surface area contributed by atoms with Crippen LogP contribution in [-0.4, -0.2) is 50.4 Å². The van der Waals surface area contributed by atoms with Crippen LogP contribution in [0, 0.1) is 21.3 Å². The van der Waals surface area contributed by atoms with Crippen LogP contribution >= 0.6 is 45.8 Å². The molecule has 0 spiro atoms. The lowest BCUT2D eigenvalue weighted by molar-refractivity contribution is -0.138. The molecule has 2 aliphatic heterocycles. The maximum atomic E-state index is 13.9. The molecule has 4 aliphatic rings. The molecular formula is C26H21Cl2IN2O6. The van der Waals surface area contributed by atoms with Crippen molar-refractivity contribution in [3.63, 3.8) is 0 Å². The van der Waals surface area contributed by atoms with Gasteiger partial charge in [-0.2, -0.15) is 0 Å². The Labute approximate surface area is 235 Å². The first kappa shape index (κ1) is 25.1. The van der Waals surface area contributed by atoms with Crippen LogP contribution in [0.15, 0.2) is 52.5 Å². The first-order valence-corrected chi connectivity index (χ1v) is 13.6. The van der Waals surface area contributed by atoms with Gasteiger partial charge < -0.3 is 9.52 Å². The van der Waals surface area contributed by atoms with Crippen molar-refractivity contribution in [3.05, 3.63) is 63.1 Å². The van der Waals surface area contributed by atoms with Gasteiger partial charge in [0.1, 0.15) is 18.1 Å². The molecule has 2 aliphatic carbocycles. The number of likely N-dealkylation sites (tertiary alicyclic amines) is 1. The lowest BCUT2D eigenvalue weighted by atomic mass is 9.57. The summed E-state index contributed by atoms with van der Waals surface area (Å²) >= 11 is 16.3. The fraction of sp³-hybridized carbons (Fsp3) is 0.385. The molecule has 192 valence electrons. The molecule has 0 bridgehead atoms. The molecule has 8 nitrogen and oxygen atoms in total. The maximum absolute atomic E-state index is 13.9. The molecule has 6 atom stereocenters. The zero-order valence-corrected chi connectivity index (χ0v) is 23.2. The highest BCUT2D eigenvalue weighted by atomic mass is 127. The molecule has 1 N–H and O–H groups in total. The van der Waals surface area contributed by atoms with Gasteiger partial charge in [0.25, 0.3) is 11.8 Å². The number of hydrogen-bond acceptors (Lipinski definition) is 6. The summed E-state index contributed by atoms with van der Waals surface area (Å²) in [6.07, 6.45) is 2.03. The Morgan fingerprint density at radius 1 is 1.03 bits per heavy atom. The largest absolute Gasteiger partial charge is 0.463 e. The Hall–Kier alpha value is -2.21. The Morgan fingerprint density at radius 2 is 1.73 bits per heavy atom. The number of carbonyl (C=O) groups excluding carboxylic acids is 4. The van der Waals surface area contributed by atoms with Crippen LogP contribution in [0.1, 0.15) is 30.3 Å². The van der Waals surface area contributed by atoms with Gasteiger partial charge in [0.15, 0.2) is 9.75 Å². The smallest absolute Gasteiger partial charge is 0.253 e. The molecule has 1 aromatic carbocycles. The monoisotopic (exact) mass is 654 g/mol. The second-order valence-electron chi connectivity index (χ2n) is 9.95. The number of carbonyl (C=O) groups is 4. The molecule has 3 fully saturated rings. The van der Waals surface area contributed by atoms with Gasteiger partial charge in [-0.25, -0.2) is 0 Å². The highest BCUT2D eigenvalue weighted by Crippen LogP contribution is 2.65. The quantitative estimate of drug-likeness (QED) is 0.235. The molecule has 4 amide bonds. The van der Waals surface area contributed by atoms with E-state index in [2.05, 4.69) is 22.6 Å². The predicted octanol–water partition coefficient (Wildman–Crippen LogP) is 3.57. The van der Waals surface area contributed by atoms with E-state index in [-0.39, 0.29) is 42.8 Å². The fourth-order valence-corrected chi connectivity index (χ4v) is 7.90. The third kappa shape index (κ3) is 3.17. The molecule has 1 saturated carbocycles. The number of anilines is 1.